The Hall–Kier alpha value is -3.14. The number of furan rings is 1. The van der Waals surface area contributed by atoms with E-state index in [4.69, 9.17) is 4.42 Å². The molecule has 1 aliphatic rings. The zero-order valence-corrected chi connectivity index (χ0v) is 24.3. The topological polar surface area (TPSA) is 86.1 Å². The molecule has 8 nitrogen and oxygen atoms in total. The van der Waals surface area contributed by atoms with Crippen LogP contribution >= 0.6 is 0 Å². The van der Waals surface area contributed by atoms with Gasteiger partial charge in [-0.3, -0.25) is 19.3 Å². The summed E-state index contributed by atoms with van der Waals surface area (Å²) >= 11 is 0. The number of carbonyl (C=O) groups excluding carboxylic acids is 1. The normalized spacial score (nSPS) is 16.0. The fraction of sp³-hybridized carbons (Fsp3) is 0.433. The van der Waals surface area contributed by atoms with Crippen LogP contribution in [0.25, 0.3) is 0 Å². The Morgan fingerprint density at radius 2 is 1.62 bits per heavy atom. The smallest absolute Gasteiger partial charge is 0.254 e. The minimum absolute atomic E-state index is 0.0234. The second-order valence-corrected chi connectivity index (χ2v) is 12.6. The molecule has 1 fully saturated rings. The number of sulfonamides is 1. The highest BCUT2D eigenvalue weighted by molar-refractivity contribution is 7.92. The van der Waals surface area contributed by atoms with E-state index in [0.717, 1.165) is 55.7 Å². The van der Waals surface area contributed by atoms with Crippen LogP contribution in [0, 0.1) is 0 Å². The largest absolute Gasteiger partial charge is 0.472 e. The van der Waals surface area contributed by atoms with E-state index in [1.54, 1.807) is 18.6 Å². The molecule has 0 spiro atoms. The molecule has 1 atom stereocenters. The second kappa shape index (κ2) is 12.4. The minimum atomic E-state index is -3.40. The Kier molecular flexibility index (Phi) is 9.15. The lowest BCUT2D eigenvalue weighted by Gasteiger charge is -2.40. The maximum Gasteiger partial charge on any atom is 0.254 e. The van der Waals surface area contributed by atoms with Crippen LogP contribution in [0.1, 0.15) is 60.8 Å². The van der Waals surface area contributed by atoms with E-state index in [-0.39, 0.29) is 24.0 Å². The third-order valence-electron chi connectivity index (χ3n) is 7.08. The van der Waals surface area contributed by atoms with Gasteiger partial charge in [0.15, 0.2) is 0 Å². The van der Waals surface area contributed by atoms with Gasteiger partial charge < -0.3 is 9.32 Å². The molecule has 1 saturated heterocycles. The SMILES string of the molecule is CC(C)N(C(=O)c1ccc(C(c2cccc(NS(C)(=O)=O)c2)N2CCN(Cc3ccoc3)CC2)cc1)C(C)C. The molecule has 9 heteroatoms. The van der Waals surface area contributed by atoms with Crippen LogP contribution in [0.3, 0.4) is 0 Å². The van der Waals surface area contributed by atoms with Crippen LogP contribution in [0.4, 0.5) is 5.69 Å². The fourth-order valence-corrected chi connectivity index (χ4v) is 6.00. The summed E-state index contributed by atoms with van der Waals surface area (Å²) in [5.74, 6) is 0.0234. The quantitative estimate of drug-likeness (QED) is 0.388. The third-order valence-corrected chi connectivity index (χ3v) is 7.69. The molecule has 1 unspecified atom stereocenters. The first kappa shape index (κ1) is 28.9. The van der Waals surface area contributed by atoms with E-state index in [0.29, 0.717) is 11.3 Å². The van der Waals surface area contributed by atoms with Gasteiger partial charge in [0, 0.05) is 61.6 Å². The van der Waals surface area contributed by atoms with E-state index in [9.17, 15) is 13.2 Å². The van der Waals surface area contributed by atoms with Crippen molar-refractivity contribution in [3.63, 3.8) is 0 Å². The number of hydrogen-bond donors (Lipinski definition) is 1. The first-order chi connectivity index (χ1) is 18.5. The highest BCUT2D eigenvalue weighted by atomic mass is 32.2. The van der Waals surface area contributed by atoms with Crippen molar-refractivity contribution in [2.45, 2.75) is 52.4 Å². The van der Waals surface area contributed by atoms with Gasteiger partial charge in [0.05, 0.1) is 24.8 Å². The zero-order chi connectivity index (χ0) is 28.2. The zero-order valence-electron chi connectivity index (χ0n) is 23.5. The number of piperazine rings is 1. The van der Waals surface area contributed by atoms with Crippen LogP contribution in [-0.2, 0) is 16.6 Å². The number of benzene rings is 2. The van der Waals surface area contributed by atoms with Crippen LogP contribution in [0.15, 0.2) is 71.5 Å². The highest BCUT2D eigenvalue weighted by Gasteiger charge is 2.28. The number of amides is 1. The van der Waals surface area contributed by atoms with Gasteiger partial charge in [0.1, 0.15) is 0 Å². The maximum atomic E-state index is 13.3. The van der Waals surface area contributed by atoms with Crippen LogP contribution < -0.4 is 4.72 Å². The molecule has 1 aliphatic heterocycles. The van der Waals surface area contributed by atoms with Crippen molar-refractivity contribution in [3.8, 4) is 0 Å². The number of nitrogens with zero attached hydrogens (tertiary/aromatic N) is 3. The lowest BCUT2D eigenvalue weighted by molar-refractivity contribution is 0.0643. The van der Waals surface area contributed by atoms with E-state index < -0.39 is 10.0 Å². The molecule has 1 amide bonds. The summed E-state index contributed by atoms with van der Waals surface area (Å²) in [6.45, 7) is 12.5. The monoisotopic (exact) mass is 552 g/mol. The molecule has 0 radical (unpaired) electrons. The summed E-state index contributed by atoms with van der Waals surface area (Å²) in [6.07, 6.45) is 4.65. The predicted molar refractivity (Wildman–Crippen MR) is 155 cm³/mol. The van der Waals surface area contributed by atoms with E-state index in [2.05, 4.69) is 14.5 Å². The summed E-state index contributed by atoms with van der Waals surface area (Å²) in [5, 5.41) is 0. The number of carbonyl (C=O) groups is 1. The summed E-state index contributed by atoms with van der Waals surface area (Å²) in [7, 11) is -3.40. The van der Waals surface area contributed by atoms with Crippen molar-refractivity contribution in [1.82, 2.24) is 14.7 Å². The summed E-state index contributed by atoms with van der Waals surface area (Å²) in [4.78, 5) is 20.0. The van der Waals surface area contributed by atoms with Crippen LogP contribution in [-0.4, -0.2) is 73.5 Å². The molecule has 1 N–H and O–H groups in total. The molecule has 39 heavy (non-hydrogen) atoms. The Labute approximate surface area is 232 Å². The Balaban J connectivity index is 1.61. The lowest BCUT2D eigenvalue weighted by Crippen LogP contribution is -2.47. The Bertz CT molecular complexity index is 1320. The second-order valence-electron chi connectivity index (χ2n) is 10.9. The molecule has 2 heterocycles. The van der Waals surface area contributed by atoms with Gasteiger partial charge >= 0.3 is 0 Å². The maximum absolute atomic E-state index is 13.3. The highest BCUT2D eigenvalue weighted by Crippen LogP contribution is 2.32. The number of anilines is 1. The van der Waals surface area contributed by atoms with Crippen molar-refractivity contribution in [1.29, 1.82) is 0 Å². The Morgan fingerprint density at radius 3 is 2.18 bits per heavy atom. The van der Waals surface area contributed by atoms with Crippen LogP contribution in [0.2, 0.25) is 0 Å². The van der Waals surface area contributed by atoms with Gasteiger partial charge in [-0.1, -0.05) is 24.3 Å². The predicted octanol–water partition coefficient (Wildman–Crippen LogP) is 4.82. The van der Waals surface area contributed by atoms with Crippen LogP contribution in [0.5, 0.6) is 0 Å². The van der Waals surface area contributed by atoms with Crippen molar-refractivity contribution in [3.05, 3.63) is 89.4 Å². The average molecular weight is 553 g/mol. The van der Waals surface area contributed by atoms with Gasteiger partial charge in [-0.15, -0.1) is 0 Å². The van der Waals surface area contributed by atoms with Gasteiger partial charge in [-0.05, 0) is 69.2 Å². The van der Waals surface area contributed by atoms with Gasteiger partial charge in [0.2, 0.25) is 10.0 Å². The standard InChI is InChI=1S/C30H40N4O4S/c1-22(2)34(23(3)4)30(35)26-11-9-25(10-12-26)29(27-7-6-8-28(19-27)31-39(5,36)37)33-16-14-32(15-17-33)20-24-13-18-38-21-24/h6-13,18-19,21-23,29,31H,14-17,20H2,1-5H3. The number of nitrogens with one attached hydrogen (secondary N) is 1. The van der Waals surface area contributed by atoms with Crippen molar-refractivity contribution in [2.75, 3.05) is 37.2 Å². The molecule has 0 saturated carbocycles. The molecular formula is C30H40N4O4S. The number of hydrogen-bond acceptors (Lipinski definition) is 6. The first-order valence-electron chi connectivity index (χ1n) is 13.5. The van der Waals surface area contributed by atoms with Crippen molar-refractivity contribution < 1.29 is 17.6 Å². The minimum Gasteiger partial charge on any atom is -0.472 e. The molecule has 2 aromatic carbocycles. The molecule has 3 aromatic rings. The Morgan fingerprint density at radius 1 is 0.949 bits per heavy atom. The molecular weight excluding hydrogens is 512 g/mol. The van der Waals surface area contributed by atoms with Gasteiger partial charge in [-0.25, -0.2) is 8.42 Å². The summed E-state index contributed by atoms with van der Waals surface area (Å²) in [5.41, 5.74) is 4.42. The van der Waals surface area contributed by atoms with Crippen molar-refractivity contribution in [2.24, 2.45) is 0 Å². The third kappa shape index (κ3) is 7.50. The van der Waals surface area contributed by atoms with Gasteiger partial charge in [0.25, 0.3) is 5.91 Å². The van der Waals surface area contributed by atoms with E-state index in [1.807, 2.05) is 81.1 Å². The molecule has 0 aliphatic carbocycles. The van der Waals surface area contributed by atoms with Crippen molar-refractivity contribution >= 4 is 21.6 Å². The molecule has 210 valence electrons. The average Bonchev–Trinajstić information content (AvgIpc) is 3.37. The number of rotatable bonds is 10. The summed E-state index contributed by atoms with van der Waals surface area (Å²) < 4.78 is 31.6. The lowest BCUT2D eigenvalue weighted by atomic mass is 9.94. The summed E-state index contributed by atoms with van der Waals surface area (Å²) in [6, 6.07) is 17.6. The van der Waals surface area contributed by atoms with E-state index >= 15 is 0 Å². The first-order valence-corrected chi connectivity index (χ1v) is 15.4. The molecule has 0 bridgehead atoms. The fourth-order valence-electron chi connectivity index (χ4n) is 5.44. The molecule has 4 rings (SSSR count). The van der Waals surface area contributed by atoms with E-state index in [1.165, 1.54) is 0 Å². The molecule has 1 aromatic heterocycles. The van der Waals surface area contributed by atoms with Gasteiger partial charge in [-0.2, -0.15) is 0 Å².